The molecule has 0 bridgehead atoms. The van der Waals surface area contributed by atoms with Crippen LogP contribution in [0.5, 0.6) is 0 Å². The Balaban J connectivity index is 2.18. The van der Waals surface area contributed by atoms with E-state index in [1.165, 1.54) is 19.3 Å². The largest absolute Gasteiger partial charge is 0.390 e. The monoisotopic (exact) mass is 237 g/mol. The number of rotatable bonds is 4. The van der Waals surface area contributed by atoms with Gasteiger partial charge in [-0.25, -0.2) is 0 Å². The summed E-state index contributed by atoms with van der Waals surface area (Å²) in [5.74, 6) is 0.786. The van der Waals surface area contributed by atoms with Gasteiger partial charge in [0.1, 0.15) is 0 Å². The fourth-order valence-electron chi connectivity index (χ4n) is 2.41. The Labute approximate surface area is 95.8 Å². The summed E-state index contributed by atoms with van der Waals surface area (Å²) in [7, 11) is 0. The maximum Gasteiger partial charge on any atom is 0.390 e. The molecule has 0 heterocycles. The minimum Gasteiger partial charge on any atom is -0.314 e. The highest BCUT2D eigenvalue weighted by Crippen LogP contribution is 2.25. The van der Waals surface area contributed by atoms with Gasteiger partial charge in [-0.05, 0) is 25.2 Å². The lowest BCUT2D eigenvalue weighted by molar-refractivity contribution is -0.133. The lowest BCUT2D eigenvalue weighted by Crippen LogP contribution is -2.31. The fourth-order valence-corrected chi connectivity index (χ4v) is 2.41. The molecule has 0 aliphatic heterocycles. The van der Waals surface area contributed by atoms with Crippen LogP contribution in [0.15, 0.2) is 0 Å². The molecule has 0 amide bonds. The van der Waals surface area contributed by atoms with Gasteiger partial charge in [0.2, 0.25) is 0 Å². The van der Waals surface area contributed by atoms with Gasteiger partial charge in [0.15, 0.2) is 0 Å². The predicted octanol–water partition coefficient (Wildman–Crippen LogP) is 3.89. The molecule has 1 saturated carbocycles. The van der Waals surface area contributed by atoms with Gasteiger partial charge < -0.3 is 5.32 Å². The molecular weight excluding hydrogens is 215 g/mol. The SMILES string of the molecule is CCC1CCCC(NCCC(F)(F)F)CC1. The number of alkyl halides is 3. The maximum absolute atomic E-state index is 12.0. The molecular formula is C12H22F3N. The Morgan fingerprint density at radius 3 is 2.50 bits per heavy atom. The van der Waals surface area contributed by atoms with Gasteiger partial charge in [-0.1, -0.05) is 26.2 Å². The summed E-state index contributed by atoms with van der Waals surface area (Å²) in [5, 5.41) is 3.04. The lowest BCUT2D eigenvalue weighted by Gasteiger charge is -2.17. The average molecular weight is 237 g/mol. The molecule has 0 spiro atoms. The standard InChI is InChI=1S/C12H22F3N/c1-2-10-4-3-5-11(7-6-10)16-9-8-12(13,14)15/h10-11,16H,2-9H2,1H3. The van der Waals surface area contributed by atoms with Crippen molar-refractivity contribution in [2.75, 3.05) is 6.54 Å². The first-order chi connectivity index (χ1) is 7.51. The average Bonchev–Trinajstić information content (AvgIpc) is 2.41. The van der Waals surface area contributed by atoms with E-state index in [0.29, 0.717) is 6.04 Å². The summed E-state index contributed by atoms with van der Waals surface area (Å²) in [6.45, 7) is 2.27. The van der Waals surface area contributed by atoms with Crippen molar-refractivity contribution in [3.05, 3.63) is 0 Å². The summed E-state index contributed by atoms with van der Waals surface area (Å²) in [5.41, 5.74) is 0. The molecule has 4 heteroatoms. The van der Waals surface area contributed by atoms with Crippen molar-refractivity contribution in [1.29, 1.82) is 0 Å². The molecule has 96 valence electrons. The minimum atomic E-state index is -4.02. The van der Waals surface area contributed by atoms with Crippen molar-refractivity contribution in [1.82, 2.24) is 5.32 Å². The second-order valence-electron chi connectivity index (χ2n) is 4.80. The van der Waals surface area contributed by atoms with Gasteiger partial charge in [-0.3, -0.25) is 0 Å². The molecule has 2 unspecified atom stereocenters. The van der Waals surface area contributed by atoms with Crippen molar-refractivity contribution in [3.63, 3.8) is 0 Å². The van der Waals surface area contributed by atoms with Crippen LogP contribution in [-0.2, 0) is 0 Å². The molecule has 1 rings (SSSR count). The third-order valence-electron chi connectivity index (χ3n) is 3.51. The summed E-state index contributed by atoms with van der Waals surface area (Å²) < 4.78 is 35.9. The first-order valence-electron chi connectivity index (χ1n) is 6.31. The third kappa shape index (κ3) is 5.73. The zero-order chi connectivity index (χ0) is 12.0. The van der Waals surface area contributed by atoms with E-state index >= 15 is 0 Å². The molecule has 1 fully saturated rings. The predicted molar refractivity (Wildman–Crippen MR) is 59.3 cm³/mol. The van der Waals surface area contributed by atoms with E-state index in [9.17, 15) is 13.2 Å². The highest BCUT2D eigenvalue weighted by atomic mass is 19.4. The molecule has 1 aliphatic carbocycles. The molecule has 2 atom stereocenters. The summed E-state index contributed by atoms with van der Waals surface area (Å²) in [6, 6.07) is 0.305. The molecule has 1 nitrogen and oxygen atoms in total. The Morgan fingerprint density at radius 2 is 1.88 bits per heavy atom. The highest BCUT2D eigenvalue weighted by Gasteiger charge is 2.27. The van der Waals surface area contributed by atoms with Gasteiger partial charge in [-0.15, -0.1) is 0 Å². The van der Waals surface area contributed by atoms with Crippen LogP contribution < -0.4 is 5.32 Å². The normalized spacial score (nSPS) is 27.8. The Bertz CT molecular complexity index is 191. The van der Waals surface area contributed by atoms with Crippen LogP contribution in [0.2, 0.25) is 0 Å². The van der Waals surface area contributed by atoms with Crippen LogP contribution in [0.3, 0.4) is 0 Å². The van der Waals surface area contributed by atoms with E-state index in [4.69, 9.17) is 0 Å². The lowest BCUT2D eigenvalue weighted by atomic mass is 9.98. The first-order valence-corrected chi connectivity index (χ1v) is 6.31. The van der Waals surface area contributed by atoms with E-state index < -0.39 is 12.6 Å². The van der Waals surface area contributed by atoms with E-state index in [-0.39, 0.29) is 6.54 Å². The van der Waals surface area contributed by atoms with Crippen LogP contribution in [0.4, 0.5) is 13.2 Å². The van der Waals surface area contributed by atoms with Crippen LogP contribution >= 0.6 is 0 Å². The summed E-state index contributed by atoms with van der Waals surface area (Å²) >= 11 is 0. The molecule has 0 aromatic rings. The van der Waals surface area contributed by atoms with Gasteiger partial charge in [0.25, 0.3) is 0 Å². The first kappa shape index (κ1) is 13.8. The maximum atomic E-state index is 12.0. The Kier molecular flexibility index (Phi) is 5.59. The third-order valence-corrected chi connectivity index (χ3v) is 3.51. The zero-order valence-corrected chi connectivity index (χ0v) is 9.95. The topological polar surface area (TPSA) is 12.0 Å². The number of hydrogen-bond donors (Lipinski definition) is 1. The van der Waals surface area contributed by atoms with Gasteiger partial charge in [0.05, 0.1) is 6.42 Å². The highest BCUT2D eigenvalue weighted by molar-refractivity contribution is 4.74. The second-order valence-corrected chi connectivity index (χ2v) is 4.80. The summed E-state index contributed by atoms with van der Waals surface area (Å²) in [6.07, 6.45) is 2.11. The van der Waals surface area contributed by atoms with Gasteiger partial charge in [0, 0.05) is 12.6 Å². The van der Waals surface area contributed by atoms with E-state index in [1.54, 1.807) is 0 Å². The van der Waals surface area contributed by atoms with E-state index in [1.807, 2.05) is 0 Å². The van der Waals surface area contributed by atoms with Crippen molar-refractivity contribution in [2.45, 2.75) is 64.1 Å². The van der Waals surface area contributed by atoms with Crippen molar-refractivity contribution >= 4 is 0 Å². The molecule has 0 saturated heterocycles. The van der Waals surface area contributed by atoms with Gasteiger partial charge >= 0.3 is 6.18 Å². The molecule has 0 radical (unpaired) electrons. The van der Waals surface area contributed by atoms with E-state index in [2.05, 4.69) is 12.2 Å². The van der Waals surface area contributed by atoms with Crippen molar-refractivity contribution in [3.8, 4) is 0 Å². The number of halogens is 3. The van der Waals surface area contributed by atoms with Crippen LogP contribution in [0, 0.1) is 5.92 Å². The van der Waals surface area contributed by atoms with Gasteiger partial charge in [-0.2, -0.15) is 13.2 Å². The van der Waals surface area contributed by atoms with E-state index in [0.717, 1.165) is 25.2 Å². The van der Waals surface area contributed by atoms with Crippen LogP contribution in [-0.4, -0.2) is 18.8 Å². The molecule has 1 aliphatic rings. The quantitative estimate of drug-likeness (QED) is 0.731. The van der Waals surface area contributed by atoms with Crippen molar-refractivity contribution in [2.24, 2.45) is 5.92 Å². The number of hydrogen-bond acceptors (Lipinski definition) is 1. The number of nitrogens with one attached hydrogen (secondary N) is 1. The van der Waals surface area contributed by atoms with Crippen LogP contribution in [0.25, 0.3) is 0 Å². The molecule has 0 aromatic carbocycles. The minimum absolute atomic E-state index is 0.0744. The molecule has 0 aromatic heterocycles. The Hall–Kier alpha value is -0.250. The van der Waals surface area contributed by atoms with Crippen molar-refractivity contribution < 1.29 is 13.2 Å². The van der Waals surface area contributed by atoms with Crippen LogP contribution in [0.1, 0.15) is 51.9 Å². The Morgan fingerprint density at radius 1 is 1.12 bits per heavy atom. The molecule has 1 N–H and O–H groups in total. The summed E-state index contributed by atoms with van der Waals surface area (Å²) in [4.78, 5) is 0. The smallest absolute Gasteiger partial charge is 0.314 e. The fraction of sp³-hybridized carbons (Fsp3) is 1.00. The zero-order valence-electron chi connectivity index (χ0n) is 9.95. The molecule has 16 heavy (non-hydrogen) atoms. The second kappa shape index (κ2) is 6.48.